The predicted molar refractivity (Wildman–Crippen MR) is 109 cm³/mol. The van der Waals surface area contributed by atoms with Gasteiger partial charge < -0.3 is 9.73 Å². The fourth-order valence-corrected chi connectivity index (χ4v) is 2.76. The lowest BCUT2D eigenvalue weighted by Crippen LogP contribution is -2.18. The van der Waals surface area contributed by atoms with Gasteiger partial charge >= 0.3 is 0 Å². The van der Waals surface area contributed by atoms with E-state index in [4.69, 9.17) is 4.42 Å². The van der Waals surface area contributed by atoms with Crippen molar-refractivity contribution >= 4 is 28.8 Å². The van der Waals surface area contributed by atoms with E-state index in [1.165, 1.54) is 11.1 Å². The molecule has 0 aliphatic carbocycles. The molecule has 0 unspecified atom stereocenters. The molecule has 0 saturated carbocycles. The van der Waals surface area contributed by atoms with Gasteiger partial charge in [0.05, 0.1) is 0 Å². The molecule has 3 rings (SSSR count). The van der Waals surface area contributed by atoms with Crippen LogP contribution in [-0.4, -0.2) is 0 Å². The molecule has 0 spiro atoms. The minimum Gasteiger partial charge on any atom is -0.456 e. The van der Waals surface area contributed by atoms with Crippen molar-refractivity contribution in [2.24, 2.45) is 0 Å². The summed E-state index contributed by atoms with van der Waals surface area (Å²) in [7, 11) is 0. The standard InChI is InChI=1S/C20H21NO.C3H4/c1-4-17-18-12-16(10-11-20(18)22-19(17)5-2)21-13-15-9-7-6-8-14(15)3;1-3-2/h4-12,21H,13H2,1-3H3;1H,2H3/b17-4-,19-5+;. The summed E-state index contributed by atoms with van der Waals surface area (Å²) in [5, 5.41) is 5.83. The molecule has 0 saturated heterocycles. The van der Waals surface area contributed by atoms with Crippen LogP contribution in [0.1, 0.15) is 31.9 Å². The molecule has 0 aliphatic rings. The summed E-state index contributed by atoms with van der Waals surface area (Å²) in [5.41, 5.74) is 5.61. The molecule has 2 aromatic carbocycles. The largest absolute Gasteiger partial charge is 0.456 e. The van der Waals surface area contributed by atoms with Gasteiger partial charge in [0.2, 0.25) is 0 Å². The third-order valence-corrected chi connectivity index (χ3v) is 4.05. The molecule has 1 aromatic heterocycles. The van der Waals surface area contributed by atoms with E-state index in [0.717, 1.165) is 33.8 Å². The fraction of sp³-hybridized carbons (Fsp3) is 0.217. The lowest BCUT2D eigenvalue weighted by Gasteiger charge is -2.08. The van der Waals surface area contributed by atoms with Gasteiger partial charge in [-0.2, -0.15) is 0 Å². The van der Waals surface area contributed by atoms with E-state index in [1.807, 2.05) is 26.0 Å². The molecule has 0 radical (unpaired) electrons. The average molecular weight is 331 g/mol. The fourth-order valence-electron chi connectivity index (χ4n) is 2.76. The van der Waals surface area contributed by atoms with Gasteiger partial charge in [0, 0.05) is 22.8 Å². The molecule has 1 N–H and O–H groups in total. The molecule has 3 aromatic rings. The highest BCUT2D eigenvalue weighted by atomic mass is 16.3. The first kappa shape index (κ1) is 18.4. The van der Waals surface area contributed by atoms with Gasteiger partial charge in [-0.3, -0.25) is 0 Å². The number of benzene rings is 2. The number of hydrogen-bond acceptors (Lipinski definition) is 2. The van der Waals surface area contributed by atoms with Gasteiger partial charge in [-0.1, -0.05) is 30.3 Å². The van der Waals surface area contributed by atoms with Gasteiger partial charge in [-0.15, -0.1) is 12.3 Å². The number of rotatable bonds is 3. The second-order valence-corrected chi connectivity index (χ2v) is 5.74. The van der Waals surface area contributed by atoms with Crippen molar-refractivity contribution in [3.05, 3.63) is 64.2 Å². The van der Waals surface area contributed by atoms with Crippen molar-refractivity contribution in [1.29, 1.82) is 0 Å². The molecular weight excluding hydrogens is 306 g/mol. The molecule has 0 amide bonds. The van der Waals surface area contributed by atoms with Crippen LogP contribution in [0.5, 0.6) is 0 Å². The molecular formula is C23H25NO. The summed E-state index contributed by atoms with van der Waals surface area (Å²) in [6.07, 6.45) is 8.71. The van der Waals surface area contributed by atoms with Gasteiger partial charge in [0.1, 0.15) is 11.0 Å². The monoisotopic (exact) mass is 331 g/mol. The highest BCUT2D eigenvalue weighted by Gasteiger charge is 2.04. The Bertz CT molecular complexity index is 1000. The molecule has 0 fully saturated rings. The second-order valence-electron chi connectivity index (χ2n) is 5.74. The summed E-state index contributed by atoms with van der Waals surface area (Å²) >= 11 is 0. The van der Waals surface area contributed by atoms with Crippen LogP contribution in [-0.2, 0) is 6.54 Å². The third kappa shape index (κ3) is 4.33. The zero-order chi connectivity index (χ0) is 18.2. The number of furan rings is 1. The number of terminal acetylenes is 1. The Morgan fingerprint density at radius 1 is 1.12 bits per heavy atom. The van der Waals surface area contributed by atoms with E-state index < -0.39 is 0 Å². The Labute approximate surface area is 149 Å². The molecule has 0 bridgehead atoms. The van der Waals surface area contributed by atoms with E-state index in [0.29, 0.717) is 0 Å². The zero-order valence-corrected chi connectivity index (χ0v) is 15.4. The third-order valence-electron chi connectivity index (χ3n) is 4.05. The number of nitrogens with one attached hydrogen (secondary N) is 1. The Kier molecular flexibility index (Phi) is 6.48. The molecule has 0 atom stereocenters. The first-order valence-corrected chi connectivity index (χ1v) is 8.45. The SMILES string of the molecule is C#CC.C/C=c1\c(=C/C)oc2ccc(NCc3ccccc3C)cc12. The molecule has 1 heterocycles. The van der Waals surface area contributed by atoms with E-state index in [2.05, 4.69) is 67.1 Å². The quantitative estimate of drug-likeness (QED) is 0.710. The lowest BCUT2D eigenvalue weighted by molar-refractivity contribution is 0.575. The van der Waals surface area contributed by atoms with Gasteiger partial charge in [0.25, 0.3) is 0 Å². The van der Waals surface area contributed by atoms with Crippen molar-refractivity contribution in [3.8, 4) is 12.3 Å². The maximum Gasteiger partial charge on any atom is 0.135 e. The Balaban J connectivity index is 0.000000701. The van der Waals surface area contributed by atoms with Gasteiger partial charge in [-0.05, 0) is 63.1 Å². The Hall–Kier alpha value is -2.92. The smallest absolute Gasteiger partial charge is 0.135 e. The van der Waals surface area contributed by atoms with Crippen LogP contribution < -0.4 is 16.0 Å². The number of fused-ring (bicyclic) bond motifs is 1. The topological polar surface area (TPSA) is 25.2 Å². The van der Waals surface area contributed by atoms with Crippen molar-refractivity contribution in [2.75, 3.05) is 5.32 Å². The molecule has 128 valence electrons. The number of anilines is 1. The summed E-state index contributed by atoms with van der Waals surface area (Å²) < 4.78 is 5.86. The van der Waals surface area contributed by atoms with Crippen LogP contribution in [0.2, 0.25) is 0 Å². The van der Waals surface area contributed by atoms with E-state index >= 15 is 0 Å². The maximum atomic E-state index is 5.86. The first-order chi connectivity index (χ1) is 12.1. The maximum absolute atomic E-state index is 5.86. The van der Waals surface area contributed by atoms with Crippen molar-refractivity contribution < 1.29 is 4.42 Å². The van der Waals surface area contributed by atoms with Crippen LogP contribution >= 0.6 is 0 Å². The normalized spacial score (nSPS) is 11.8. The minimum atomic E-state index is 0.827. The second kappa shape index (κ2) is 8.80. The predicted octanol–water partition coefficient (Wildman–Crippen LogP) is 4.59. The van der Waals surface area contributed by atoms with Crippen LogP contribution in [0.3, 0.4) is 0 Å². The van der Waals surface area contributed by atoms with E-state index in [-0.39, 0.29) is 0 Å². The molecule has 0 aliphatic heterocycles. The molecule has 2 nitrogen and oxygen atoms in total. The Morgan fingerprint density at radius 3 is 2.48 bits per heavy atom. The summed E-state index contributed by atoms with van der Waals surface area (Å²) in [4.78, 5) is 0. The summed E-state index contributed by atoms with van der Waals surface area (Å²) in [6, 6.07) is 14.7. The first-order valence-electron chi connectivity index (χ1n) is 8.45. The Morgan fingerprint density at radius 2 is 1.84 bits per heavy atom. The van der Waals surface area contributed by atoms with Crippen LogP contribution in [0.4, 0.5) is 5.69 Å². The van der Waals surface area contributed by atoms with Crippen LogP contribution in [0.25, 0.3) is 23.1 Å². The number of aryl methyl sites for hydroxylation is 1. The molecule has 25 heavy (non-hydrogen) atoms. The van der Waals surface area contributed by atoms with Crippen molar-refractivity contribution in [3.63, 3.8) is 0 Å². The summed E-state index contributed by atoms with van der Waals surface area (Å²) in [5.74, 6) is 2.25. The van der Waals surface area contributed by atoms with Gasteiger partial charge in [0.15, 0.2) is 0 Å². The van der Waals surface area contributed by atoms with E-state index in [1.54, 1.807) is 6.92 Å². The zero-order valence-electron chi connectivity index (χ0n) is 15.4. The minimum absolute atomic E-state index is 0.827. The van der Waals surface area contributed by atoms with Crippen molar-refractivity contribution in [2.45, 2.75) is 34.2 Å². The average Bonchev–Trinajstić information content (AvgIpc) is 2.98. The highest BCUT2D eigenvalue weighted by Crippen LogP contribution is 2.17. The molecule has 2 heteroatoms. The summed E-state index contributed by atoms with van der Waals surface area (Å²) in [6.45, 7) is 8.67. The number of hydrogen-bond donors (Lipinski definition) is 1. The lowest BCUT2D eigenvalue weighted by atomic mass is 10.1. The van der Waals surface area contributed by atoms with Crippen LogP contribution in [0, 0.1) is 19.3 Å². The van der Waals surface area contributed by atoms with Crippen LogP contribution in [0.15, 0.2) is 46.9 Å². The van der Waals surface area contributed by atoms with E-state index in [9.17, 15) is 0 Å². The van der Waals surface area contributed by atoms with Gasteiger partial charge in [-0.25, -0.2) is 0 Å². The van der Waals surface area contributed by atoms with Crippen molar-refractivity contribution in [1.82, 2.24) is 0 Å². The highest BCUT2D eigenvalue weighted by molar-refractivity contribution is 5.82.